The van der Waals surface area contributed by atoms with E-state index in [1.165, 1.54) is 12.1 Å². The Balaban J connectivity index is 2.63. The summed E-state index contributed by atoms with van der Waals surface area (Å²) in [4.78, 5) is 0. The molecule has 0 bridgehead atoms. The molecule has 0 spiro atoms. The quantitative estimate of drug-likeness (QED) is 0.804. The van der Waals surface area contributed by atoms with Gasteiger partial charge in [-0.15, -0.1) is 0 Å². The summed E-state index contributed by atoms with van der Waals surface area (Å²) < 4.78 is 18.1. The highest BCUT2D eigenvalue weighted by Crippen LogP contribution is 2.22. The summed E-state index contributed by atoms with van der Waals surface area (Å²) in [5.74, 6) is 0.746. The lowest BCUT2D eigenvalue weighted by Crippen LogP contribution is -2.31. The van der Waals surface area contributed by atoms with Crippen molar-refractivity contribution in [2.24, 2.45) is 11.8 Å². The summed E-state index contributed by atoms with van der Waals surface area (Å²) in [6.07, 6.45) is 0. The molecule has 0 aliphatic heterocycles. The molecular formula is C15H24FNO. The molecule has 0 aliphatic rings. The van der Waals surface area contributed by atoms with Crippen molar-refractivity contribution in [3.8, 4) is 0 Å². The molecule has 2 atom stereocenters. The molecule has 1 aromatic carbocycles. The molecule has 1 N–H and O–H groups in total. The number of hydrogen-bond donors (Lipinski definition) is 1. The van der Waals surface area contributed by atoms with Gasteiger partial charge in [0.2, 0.25) is 0 Å². The smallest absolute Gasteiger partial charge is 0.123 e. The van der Waals surface area contributed by atoms with Crippen LogP contribution in [-0.4, -0.2) is 20.3 Å². The average molecular weight is 253 g/mol. The molecule has 0 amide bonds. The van der Waals surface area contributed by atoms with Gasteiger partial charge in [0.05, 0.1) is 0 Å². The van der Waals surface area contributed by atoms with E-state index in [0.717, 1.165) is 18.7 Å². The maximum atomic E-state index is 12.9. The van der Waals surface area contributed by atoms with Gasteiger partial charge in [-0.1, -0.05) is 32.9 Å². The zero-order valence-corrected chi connectivity index (χ0v) is 11.7. The van der Waals surface area contributed by atoms with E-state index >= 15 is 0 Å². The van der Waals surface area contributed by atoms with Gasteiger partial charge in [-0.25, -0.2) is 4.39 Å². The van der Waals surface area contributed by atoms with Crippen LogP contribution < -0.4 is 5.32 Å². The van der Waals surface area contributed by atoms with Crippen molar-refractivity contribution in [3.63, 3.8) is 0 Å². The fraction of sp³-hybridized carbons (Fsp3) is 0.600. The minimum atomic E-state index is -0.186. The fourth-order valence-electron chi connectivity index (χ4n) is 2.08. The summed E-state index contributed by atoms with van der Waals surface area (Å²) in [7, 11) is 1.72. The van der Waals surface area contributed by atoms with E-state index in [4.69, 9.17) is 4.74 Å². The molecule has 18 heavy (non-hydrogen) atoms. The summed E-state index contributed by atoms with van der Waals surface area (Å²) in [5.41, 5.74) is 1.14. The Hall–Kier alpha value is -0.930. The van der Waals surface area contributed by atoms with Crippen LogP contribution in [0.1, 0.15) is 32.4 Å². The second-order valence-electron chi connectivity index (χ2n) is 5.24. The predicted octanol–water partition coefficient (Wildman–Crippen LogP) is 3.39. The first-order valence-corrected chi connectivity index (χ1v) is 6.52. The van der Waals surface area contributed by atoms with Gasteiger partial charge in [-0.2, -0.15) is 0 Å². The van der Waals surface area contributed by atoms with Crippen LogP contribution in [0.15, 0.2) is 24.3 Å². The van der Waals surface area contributed by atoms with Gasteiger partial charge < -0.3 is 10.1 Å². The van der Waals surface area contributed by atoms with Gasteiger partial charge in [0.25, 0.3) is 0 Å². The van der Waals surface area contributed by atoms with E-state index in [2.05, 4.69) is 26.1 Å². The molecule has 0 fully saturated rings. The van der Waals surface area contributed by atoms with Crippen molar-refractivity contribution < 1.29 is 9.13 Å². The SMILES string of the molecule is COCC(C)CNC(c1ccc(F)cc1)C(C)C. The van der Waals surface area contributed by atoms with E-state index < -0.39 is 0 Å². The largest absolute Gasteiger partial charge is 0.384 e. The lowest BCUT2D eigenvalue weighted by atomic mass is 9.95. The van der Waals surface area contributed by atoms with Gasteiger partial charge in [0.1, 0.15) is 5.82 Å². The Morgan fingerprint density at radius 3 is 2.28 bits per heavy atom. The second kappa shape index (κ2) is 7.49. The van der Waals surface area contributed by atoms with Crippen molar-refractivity contribution in [3.05, 3.63) is 35.6 Å². The lowest BCUT2D eigenvalue weighted by molar-refractivity contribution is 0.155. The van der Waals surface area contributed by atoms with Crippen molar-refractivity contribution in [2.45, 2.75) is 26.8 Å². The van der Waals surface area contributed by atoms with Gasteiger partial charge >= 0.3 is 0 Å². The first-order valence-electron chi connectivity index (χ1n) is 6.52. The number of ether oxygens (including phenoxy) is 1. The van der Waals surface area contributed by atoms with Crippen LogP contribution in [0.25, 0.3) is 0 Å². The lowest BCUT2D eigenvalue weighted by Gasteiger charge is -2.24. The van der Waals surface area contributed by atoms with E-state index in [9.17, 15) is 4.39 Å². The first-order chi connectivity index (χ1) is 8.54. The predicted molar refractivity (Wildman–Crippen MR) is 73.0 cm³/mol. The van der Waals surface area contributed by atoms with Gasteiger partial charge in [-0.3, -0.25) is 0 Å². The second-order valence-corrected chi connectivity index (χ2v) is 5.24. The number of methoxy groups -OCH3 is 1. The Labute approximate surface area is 110 Å². The van der Waals surface area contributed by atoms with Crippen LogP contribution in [0, 0.1) is 17.7 Å². The fourth-order valence-corrected chi connectivity index (χ4v) is 2.08. The van der Waals surface area contributed by atoms with Crippen LogP contribution in [-0.2, 0) is 4.74 Å². The number of benzene rings is 1. The minimum absolute atomic E-state index is 0.186. The van der Waals surface area contributed by atoms with Gasteiger partial charge in [-0.05, 0) is 29.5 Å². The van der Waals surface area contributed by atoms with Crippen molar-refractivity contribution >= 4 is 0 Å². The third kappa shape index (κ3) is 4.75. The molecule has 0 saturated carbocycles. The topological polar surface area (TPSA) is 21.3 Å². The van der Waals surface area contributed by atoms with Crippen molar-refractivity contribution in [1.29, 1.82) is 0 Å². The van der Waals surface area contributed by atoms with Gasteiger partial charge in [0, 0.05) is 26.3 Å². The highest BCUT2D eigenvalue weighted by atomic mass is 19.1. The van der Waals surface area contributed by atoms with Crippen LogP contribution in [0.3, 0.4) is 0 Å². The monoisotopic (exact) mass is 253 g/mol. The van der Waals surface area contributed by atoms with E-state index in [1.54, 1.807) is 7.11 Å². The van der Waals surface area contributed by atoms with Crippen molar-refractivity contribution in [1.82, 2.24) is 5.32 Å². The zero-order valence-electron chi connectivity index (χ0n) is 11.7. The highest BCUT2D eigenvalue weighted by molar-refractivity contribution is 5.20. The van der Waals surface area contributed by atoms with Gasteiger partial charge in [0.15, 0.2) is 0 Å². The molecule has 1 rings (SSSR count). The summed E-state index contributed by atoms with van der Waals surface area (Å²) >= 11 is 0. The molecule has 2 unspecified atom stereocenters. The molecular weight excluding hydrogens is 229 g/mol. The van der Waals surface area contributed by atoms with E-state index in [1.807, 2.05) is 12.1 Å². The molecule has 0 aliphatic carbocycles. The highest BCUT2D eigenvalue weighted by Gasteiger charge is 2.16. The standard InChI is InChI=1S/C15H24FNO/c1-11(2)15(17-9-12(3)10-18-4)13-5-7-14(16)8-6-13/h5-8,11-12,15,17H,9-10H2,1-4H3. The molecule has 0 saturated heterocycles. The Kier molecular flexibility index (Phi) is 6.30. The summed E-state index contributed by atoms with van der Waals surface area (Å²) in [6.45, 7) is 8.14. The molecule has 2 nitrogen and oxygen atoms in total. The molecule has 1 aromatic rings. The number of rotatable bonds is 7. The van der Waals surface area contributed by atoms with Crippen LogP contribution in [0.4, 0.5) is 4.39 Å². The Bertz CT molecular complexity index is 337. The summed E-state index contributed by atoms with van der Waals surface area (Å²) in [6, 6.07) is 7.00. The van der Waals surface area contributed by atoms with Crippen LogP contribution in [0.2, 0.25) is 0 Å². The maximum Gasteiger partial charge on any atom is 0.123 e. The summed E-state index contributed by atoms with van der Waals surface area (Å²) in [5, 5.41) is 3.54. The average Bonchev–Trinajstić information content (AvgIpc) is 2.31. The molecule has 102 valence electrons. The van der Waals surface area contributed by atoms with E-state index in [-0.39, 0.29) is 11.9 Å². The third-order valence-corrected chi connectivity index (χ3v) is 3.03. The molecule has 0 aromatic heterocycles. The molecule has 0 radical (unpaired) electrons. The normalized spacial score (nSPS) is 14.8. The van der Waals surface area contributed by atoms with Crippen LogP contribution in [0.5, 0.6) is 0 Å². The third-order valence-electron chi connectivity index (χ3n) is 3.03. The molecule has 0 heterocycles. The zero-order chi connectivity index (χ0) is 13.5. The first kappa shape index (κ1) is 15.1. The maximum absolute atomic E-state index is 12.9. The number of halogens is 1. The Morgan fingerprint density at radius 2 is 1.78 bits per heavy atom. The Morgan fingerprint density at radius 1 is 1.17 bits per heavy atom. The van der Waals surface area contributed by atoms with Crippen LogP contribution >= 0.6 is 0 Å². The minimum Gasteiger partial charge on any atom is -0.384 e. The number of nitrogens with one attached hydrogen (secondary N) is 1. The van der Waals surface area contributed by atoms with E-state index in [0.29, 0.717) is 11.8 Å². The number of hydrogen-bond acceptors (Lipinski definition) is 2. The van der Waals surface area contributed by atoms with Crippen molar-refractivity contribution in [2.75, 3.05) is 20.3 Å². The molecule has 3 heteroatoms.